The van der Waals surface area contributed by atoms with Gasteiger partial charge in [0.15, 0.2) is 0 Å². The van der Waals surface area contributed by atoms with Crippen molar-refractivity contribution in [3.8, 4) is 0 Å². The van der Waals surface area contributed by atoms with Crippen LogP contribution in [0.5, 0.6) is 0 Å². The predicted octanol–water partition coefficient (Wildman–Crippen LogP) is 16.0. The van der Waals surface area contributed by atoms with Gasteiger partial charge in [0.05, 0.1) is 25.2 Å². The number of unbranched alkanes of at least 4 members (excludes halogenated alkanes) is 28. The van der Waals surface area contributed by atoms with E-state index in [4.69, 9.17) is 4.74 Å². The maximum Gasteiger partial charge on any atom is 0.306 e. The number of allylic oxidation sites excluding steroid dienone is 10. The Labute approximate surface area is 384 Å². The summed E-state index contributed by atoms with van der Waals surface area (Å²) in [6.07, 6.45) is 61.5. The standard InChI is InChI=1S/C56H101NO5/c1-4-7-10-13-16-19-22-24-26-27-29-31-34-37-40-43-46-49-56(61)62-52(47-44-41-38-35-32-21-18-15-12-9-6-3)50-55(60)57-53(51-58)54(59)48-45-42-39-36-33-30-28-25-23-20-17-14-11-8-5-2/h9,12,15,18,21,24,26,32,35,38,52-54,58-59H,4-8,10-11,13-14,16-17,19-20,22-23,25,27-31,33-34,36-37,39-51H2,1-3H3,(H,57,60)/b12-9+,18-15+,26-24+,32-21-,38-35-. The third-order valence-corrected chi connectivity index (χ3v) is 11.9. The molecule has 62 heavy (non-hydrogen) atoms. The van der Waals surface area contributed by atoms with Crippen LogP contribution in [0.3, 0.4) is 0 Å². The minimum Gasteiger partial charge on any atom is -0.462 e. The summed E-state index contributed by atoms with van der Waals surface area (Å²) in [6, 6.07) is -0.724. The van der Waals surface area contributed by atoms with Gasteiger partial charge in [-0.2, -0.15) is 0 Å². The summed E-state index contributed by atoms with van der Waals surface area (Å²) in [5, 5.41) is 23.8. The molecule has 360 valence electrons. The average molecular weight is 868 g/mol. The lowest BCUT2D eigenvalue weighted by Gasteiger charge is -2.24. The Bertz CT molecular complexity index is 1110. The molecule has 0 aromatic heterocycles. The Morgan fingerprint density at radius 1 is 0.484 bits per heavy atom. The van der Waals surface area contributed by atoms with E-state index in [1.165, 1.54) is 154 Å². The fraction of sp³-hybridized carbons (Fsp3) is 0.786. The molecule has 0 radical (unpaired) electrons. The second kappa shape index (κ2) is 49.6. The van der Waals surface area contributed by atoms with Crippen molar-refractivity contribution in [3.05, 3.63) is 60.8 Å². The van der Waals surface area contributed by atoms with Crippen LogP contribution in [0.4, 0.5) is 0 Å². The second-order valence-electron chi connectivity index (χ2n) is 18.0. The van der Waals surface area contributed by atoms with Gasteiger partial charge >= 0.3 is 5.97 Å². The molecule has 0 aromatic carbocycles. The summed E-state index contributed by atoms with van der Waals surface area (Å²) in [7, 11) is 0. The van der Waals surface area contributed by atoms with E-state index in [-0.39, 0.29) is 24.9 Å². The smallest absolute Gasteiger partial charge is 0.306 e. The molecule has 6 heteroatoms. The first-order valence-corrected chi connectivity index (χ1v) is 26.6. The van der Waals surface area contributed by atoms with Crippen molar-refractivity contribution < 1.29 is 24.5 Å². The number of amides is 1. The number of aliphatic hydroxyl groups is 2. The summed E-state index contributed by atoms with van der Waals surface area (Å²) >= 11 is 0. The van der Waals surface area contributed by atoms with Crippen molar-refractivity contribution in [2.45, 2.75) is 277 Å². The first-order valence-electron chi connectivity index (χ1n) is 26.6. The minimum atomic E-state index is -0.806. The lowest BCUT2D eigenvalue weighted by molar-refractivity contribution is -0.151. The SMILES string of the molecule is CC/C=C/C=C/C=C\C=C/CCCC(CC(=O)NC(CO)C(O)CCCCCCCCCCCCCCCCC)OC(=O)CCCCCCCCC/C=C/CCCCCCCC. The van der Waals surface area contributed by atoms with Gasteiger partial charge in [-0.15, -0.1) is 0 Å². The van der Waals surface area contributed by atoms with Gasteiger partial charge in [0.25, 0.3) is 0 Å². The summed E-state index contributed by atoms with van der Waals surface area (Å²) in [6.45, 7) is 6.33. The van der Waals surface area contributed by atoms with E-state index < -0.39 is 18.2 Å². The van der Waals surface area contributed by atoms with Crippen LogP contribution in [0.25, 0.3) is 0 Å². The molecule has 3 atom stereocenters. The van der Waals surface area contributed by atoms with Crippen molar-refractivity contribution in [2.24, 2.45) is 0 Å². The van der Waals surface area contributed by atoms with Crippen LogP contribution >= 0.6 is 0 Å². The van der Waals surface area contributed by atoms with Gasteiger partial charge in [-0.05, 0) is 64.2 Å². The van der Waals surface area contributed by atoms with Crippen molar-refractivity contribution in [3.63, 3.8) is 0 Å². The molecular weight excluding hydrogens is 767 g/mol. The van der Waals surface area contributed by atoms with Crippen molar-refractivity contribution in [1.29, 1.82) is 0 Å². The fourth-order valence-electron chi connectivity index (χ4n) is 7.91. The Kier molecular flexibility index (Phi) is 47.6. The van der Waals surface area contributed by atoms with Gasteiger partial charge in [0.2, 0.25) is 5.91 Å². The normalized spacial score (nSPS) is 13.7. The molecule has 0 heterocycles. The van der Waals surface area contributed by atoms with Gasteiger partial charge < -0.3 is 20.3 Å². The highest BCUT2D eigenvalue weighted by atomic mass is 16.5. The molecule has 0 aliphatic rings. The number of nitrogens with one attached hydrogen (secondary N) is 1. The maximum atomic E-state index is 13.2. The average Bonchev–Trinajstić information content (AvgIpc) is 3.26. The molecule has 0 bridgehead atoms. The van der Waals surface area contributed by atoms with Gasteiger partial charge in [-0.25, -0.2) is 0 Å². The van der Waals surface area contributed by atoms with Crippen molar-refractivity contribution >= 4 is 11.9 Å². The van der Waals surface area contributed by atoms with Gasteiger partial charge in [0.1, 0.15) is 6.10 Å². The first kappa shape index (κ1) is 59.6. The van der Waals surface area contributed by atoms with Crippen LogP contribution in [0.2, 0.25) is 0 Å². The van der Waals surface area contributed by atoms with Crippen molar-refractivity contribution in [1.82, 2.24) is 5.32 Å². The van der Waals surface area contributed by atoms with E-state index in [0.29, 0.717) is 19.3 Å². The Morgan fingerprint density at radius 2 is 0.903 bits per heavy atom. The predicted molar refractivity (Wildman–Crippen MR) is 268 cm³/mol. The highest BCUT2D eigenvalue weighted by molar-refractivity contribution is 5.77. The van der Waals surface area contributed by atoms with E-state index in [1.807, 2.05) is 36.5 Å². The number of carbonyl (C=O) groups excluding carboxylic acids is 2. The number of aliphatic hydroxyl groups excluding tert-OH is 2. The number of hydrogen-bond acceptors (Lipinski definition) is 5. The summed E-state index contributed by atoms with van der Waals surface area (Å²) in [4.78, 5) is 26.1. The zero-order valence-electron chi connectivity index (χ0n) is 41.0. The van der Waals surface area contributed by atoms with Crippen LogP contribution < -0.4 is 5.32 Å². The number of hydrogen-bond donors (Lipinski definition) is 3. The summed E-state index contributed by atoms with van der Waals surface area (Å²) < 4.78 is 5.89. The van der Waals surface area contributed by atoms with E-state index in [1.54, 1.807) is 0 Å². The van der Waals surface area contributed by atoms with E-state index in [9.17, 15) is 19.8 Å². The Morgan fingerprint density at radius 3 is 1.39 bits per heavy atom. The number of esters is 1. The third kappa shape index (κ3) is 44.2. The molecule has 1 amide bonds. The molecule has 0 aliphatic carbocycles. The number of ether oxygens (including phenoxy) is 1. The zero-order valence-corrected chi connectivity index (χ0v) is 41.0. The second-order valence-corrected chi connectivity index (χ2v) is 18.0. The molecule has 0 fully saturated rings. The molecule has 0 saturated heterocycles. The van der Waals surface area contributed by atoms with Gasteiger partial charge in [-0.3, -0.25) is 9.59 Å². The molecule has 3 unspecified atom stereocenters. The van der Waals surface area contributed by atoms with Gasteiger partial charge in [-0.1, -0.05) is 242 Å². The molecule has 0 aliphatic heterocycles. The van der Waals surface area contributed by atoms with Crippen molar-refractivity contribution in [2.75, 3.05) is 6.61 Å². The number of carbonyl (C=O) groups is 2. The van der Waals surface area contributed by atoms with Crippen LogP contribution in [0, 0.1) is 0 Å². The maximum absolute atomic E-state index is 13.2. The molecule has 0 rings (SSSR count). The zero-order chi connectivity index (χ0) is 45.2. The molecule has 0 aromatic rings. The highest BCUT2D eigenvalue weighted by Crippen LogP contribution is 2.17. The first-order chi connectivity index (χ1) is 30.5. The molecule has 6 nitrogen and oxygen atoms in total. The summed E-state index contributed by atoms with van der Waals surface area (Å²) in [5.74, 6) is -0.544. The van der Waals surface area contributed by atoms with E-state index >= 15 is 0 Å². The molecule has 0 spiro atoms. The van der Waals surface area contributed by atoms with Crippen LogP contribution in [-0.4, -0.2) is 46.9 Å². The van der Waals surface area contributed by atoms with Crippen LogP contribution in [-0.2, 0) is 14.3 Å². The fourth-order valence-corrected chi connectivity index (χ4v) is 7.91. The van der Waals surface area contributed by atoms with Crippen LogP contribution in [0.1, 0.15) is 258 Å². The quantitative estimate of drug-likeness (QED) is 0.0245. The van der Waals surface area contributed by atoms with Crippen LogP contribution in [0.15, 0.2) is 60.8 Å². The Balaban J connectivity index is 4.55. The molecular formula is C56H101NO5. The highest BCUT2D eigenvalue weighted by Gasteiger charge is 2.24. The summed E-state index contributed by atoms with van der Waals surface area (Å²) in [5.41, 5.74) is 0. The minimum absolute atomic E-state index is 0.0296. The lowest BCUT2D eigenvalue weighted by Crippen LogP contribution is -2.46. The Hall–Kier alpha value is -2.44. The lowest BCUT2D eigenvalue weighted by atomic mass is 10.0. The topological polar surface area (TPSA) is 95.9 Å². The monoisotopic (exact) mass is 868 g/mol. The molecule has 3 N–H and O–H groups in total. The largest absolute Gasteiger partial charge is 0.462 e. The van der Waals surface area contributed by atoms with Gasteiger partial charge in [0, 0.05) is 6.42 Å². The van der Waals surface area contributed by atoms with E-state index in [0.717, 1.165) is 57.8 Å². The third-order valence-electron chi connectivity index (χ3n) is 11.9. The van der Waals surface area contributed by atoms with E-state index in [2.05, 4.69) is 50.4 Å². The number of rotatable bonds is 47. The molecule has 0 saturated carbocycles.